The summed E-state index contributed by atoms with van der Waals surface area (Å²) in [5, 5.41) is 10.1. The zero-order chi connectivity index (χ0) is 12.9. The first-order chi connectivity index (χ1) is 8.59. The second-order valence-electron chi connectivity index (χ2n) is 4.51. The predicted molar refractivity (Wildman–Crippen MR) is 68.1 cm³/mol. The number of carbonyl (C=O) groups is 1. The van der Waals surface area contributed by atoms with E-state index in [0.29, 0.717) is 11.1 Å². The number of carboxylic acids is 1. The Balaban J connectivity index is 2.40. The summed E-state index contributed by atoms with van der Waals surface area (Å²) < 4.78 is 5.44. The van der Waals surface area contributed by atoms with Gasteiger partial charge in [-0.05, 0) is 25.1 Å². The minimum Gasteiger partial charge on any atom is -0.475 e. The first kappa shape index (κ1) is 11.6. The average molecular weight is 266 g/mol. The molecule has 0 saturated heterocycles. The Kier molecular flexibility index (Phi) is 2.57. The average Bonchev–Trinajstić information content (AvgIpc) is 2.69. The van der Waals surface area contributed by atoms with Crippen molar-refractivity contribution in [2.45, 2.75) is 11.9 Å². The van der Waals surface area contributed by atoms with E-state index < -0.39 is 11.5 Å². The number of likely N-dealkylation sites (N-methyl/N-ethyl adjacent to an activating group) is 1. The Labute approximate surface area is 109 Å². The topological polar surface area (TPSA) is 53.7 Å². The number of carboxylic acid groups (broad SMARTS) is 1. The Hall–Kier alpha value is -1.52. The third kappa shape index (κ3) is 1.53. The maximum Gasteiger partial charge on any atom is 0.372 e. The van der Waals surface area contributed by atoms with E-state index in [1.54, 1.807) is 6.07 Å². The fraction of sp³-hybridized carbons (Fsp3) is 0.308. The van der Waals surface area contributed by atoms with Gasteiger partial charge in [-0.3, -0.25) is 4.90 Å². The van der Waals surface area contributed by atoms with Crippen LogP contribution in [0.4, 0.5) is 0 Å². The van der Waals surface area contributed by atoms with Crippen molar-refractivity contribution in [3.63, 3.8) is 0 Å². The highest BCUT2D eigenvalue weighted by atomic mass is 35.5. The van der Waals surface area contributed by atoms with Gasteiger partial charge in [0.25, 0.3) is 0 Å². The number of nitrogens with zero attached hydrogens (tertiary/aromatic N) is 1. The summed E-state index contributed by atoms with van der Waals surface area (Å²) >= 11 is 6.36. The molecule has 0 bridgehead atoms. The highest BCUT2D eigenvalue weighted by molar-refractivity contribution is 6.22. The van der Waals surface area contributed by atoms with E-state index in [-0.39, 0.29) is 5.76 Å². The quantitative estimate of drug-likeness (QED) is 0.636. The van der Waals surface area contributed by atoms with E-state index in [9.17, 15) is 9.90 Å². The standard InChI is InChI=1S/C13H12ClNO3/c1-15-6-5-7-3-2-4-8-9(7)10(12(15)14)11(18-8)13(16)17/h2-4,12H,5-6H2,1H3,(H,16,17). The number of rotatable bonds is 1. The molecule has 1 aromatic carbocycles. The van der Waals surface area contributed by atoms with Crippen LogP contribution in [0.15, 0.2) is 22.6 Å². The van der Waals surface area contributed by atoms with Gasteiger partial charge in [0.05, 0.1) is 0 Å². The van der Waals surface area contributed by atoms with Gasteiger partial charge < -0.3 is 9.52 Å². The van der Waals surface area contributed by atoms with Gasteiger partial charge in [-0.15, -0.1) is 11.6 Å². The summed E-state index contributed by atoms with van der Waals surface area (Å²) in [5.74, 6) is -1.13. The van der Waals surface area contributed by atoms with Crippen molar-refractivity contribution in [1.82, 2.24) is 4.90 Å². The van der Waals surface area contributed by atoms with Crippen LogP contribution in [0.5, 0.6) is 0 Å². The maximum absolute atomic E-state index is 11.3. The molecule has 1 atom stereocenters. The number of hydrogen-bond acceptors (Lipinski definition) is 3. The fourth-order valence-electron chi connectivity index (χ4n) is 2.47. The van der Waals surface area contributed by atoms with E-state index in [0.717, 1.165) is 23.9 Å². The minimum atomic E-state index is -1.08. The molecule has 0 fully saturated rings. The van der Waals surface area contributed by atoms with E-state index in [4.69, 9.17) is 16.0 Å². The van der Waals surface area contributed by atoms with Crippen molar-refractivity contribution in [3.8, 4) is 0 Å². The van der Waals surface area contributed by atoms with E-state index >= 15 is 0 Å². The molecule has 1 unspecified atom stereocenters. The molecular formula is C13H12ClNO3. The third-order valence-corrected chi connectivity index (χ3v) is 3.94. The Bertz CT molecular complexity index is 634. The van der Waals surface area contributed by atoms with Crippen LogP contribution in [0, 0.1) is 0 Å². The minimum absolute atomic E-state index is 0.0498. The lowest BCUT2D eigenvalue weighted by molar-refractivity contribution is 0.0661. The molecule has 0 amide bonds. The Morgan fingerprint density at radius 3 is 3.06 bits per heavy atom. The van der Waals surface area contributed by atoms with Crippen molar-refractivity contribution in [1.29, 1.82) is 0 Å². The van der Waals surface area contributed by atoms with Crippen LogP contribution in [-0.4, -0.2) is 29.6 Å². The zero-order valence-corrected chi connectivity index (χ0v) is 10.6. The van der Waals surface area contributed by atoms with Gasteiger partial charge in [-0.1, -0.05) is 12.1 Å². The highest BCUT2D eigenvalue weighted by Crippen LogP contribution is 2.39. The summed E-state index contributed by atoms with van der Waals surface area (Å²) in [6.07, 6.45) is 0.836. The first-order valence-corrected chi connectivity index (χ1v) is 6.15. The smallest absolute Gasteiger partial charge is 0.372 e. The normalized spacial score (nSPS) is 20.0. The SMILES string of the molecule is CN1CCc2cccc3oc(C(=O)O)c(c23)C1Cl. The van der Waals surface area contributed by atoms with Gasteiger partial charge in [-0.25, -0.2) is 4.79 Å². The lowest BCUT2D eigenvalue weighted by atomic mass is 10.0. The van der Waals surface area contributed by atoms with Crippen molar-refractivity contribution >= 4 is 28.5 Å². The van der Waals surface area contributed by atoms with Crippen LogP contribution in [0.1, 0.15) is 27.2 Å². The van der Waals surface area contributed by atoms with Crippen molar-refractivity contribution in [3.05, 3.63) is 35.1 Å². The molecule has 2 aromatic rings. The maximum atomic E-state index is 11.3. The number of halogens is 1. The summed E-state index contributed by atoms with van der Waals surface area (Å²) in [6.45, 7) is 0.793. The first-order valence-electron chi connectivity index (χ1n) is 5.71. The summed E-state index contributed by atoms with van der Waals surface area (Å²) in [5.41, 5.74) is 1.80. The number of alkyl halides is 1. The van der Waals surface area contributed by atoms with Crippen LogP contribution in [0.3, 0.4) is 0 Å². The van der Waals surface area contributed by atoms with Gasteiger partial charge in [0.1, 0.15) is 11.1 Å². The van der Waals surface area contributed by atoms with Gasteiger partial charge in [-0.2, -0.15) is 0 Å². The predicted octanol–water partition coefficient (Wildman–Crippen LogP) is 2.86. The summed E-state index contributed by atoms with van der Waals surface area (Å²) in [4.78, 5) is 13.2. The molecule has 0 aliphatic carbocycles. The second-order valence-corrected chi connectivity index (χ2v) is 4.92. The monoisotopic (exact) mass is 265 g/mol. The Morgan fingerprint density at radius 2 is 2.33 bits per heavy atom. The molecule has 1 aliphatic heterocycles. The van der Waals surface area contributed by atoms with Gasteiger partial charge in [0.15, 0.2) is 0 Å². The second kappa shape index (κ2) is 4.00. The zero-order valence-electron chi connectivity index (χ0n) is 9.81. The van der Waals surface area contributed by atoms with Crippen LogP contribution in [0.2, 0.25) is 0 Å². The molecule has 1 N–H and O–H groups in total. The molecule has 3 rings (SSSR count). The number of furan rings is 1. The number of benzene rings is 1. The molecule has 94 valence electrons. The molecular weight excluding hydrogens is 254 g/mol. The largest absolute Gasteiger partial charge is 0.475 e. The van der Waals surface area contributed by atoms with E-state index in [2.05, 4.69) is 0 Å². The third-order valence-electron chi connectivity index (χ3n) is 3.39. The molecule has 0 spiro atoms. The molecule has 0 radical (unpaired) electrons. The van der Waals surface area contributed by atoms with Gasteiger partial charge >= 0.3 is 5.97 Å². The number of hydrogen-bond donors (Lipinski definition) is 1. The summed E-state index contributed by atoms with van der Waals surface area (Å²) in [6, 6.07) is 5.66. The van der Waals surface area contributed by atoms with Crippen molar-refractivity contribution in [2.75, 3.05) is 13.6 Å². The lowest BCUT2D eigenvalue weighted by Crippen LogP contribution is -2.22. The molecule has 2 heterocycles. The van der Waals surface area contributed by atoms with Crippen molar-refractivity contribution in [2.24, 2.45) is 0 Å². The van der Waals surface area contributed by atoms with Crippen LogP contribution < -0.4 is 0 Å². The van der Waals surface area contributed by atoms with Gasteiger partial charge in [0.2, 0.25) is 5.76 Å². The van der Waals surface area contributed by atoms with Crippen LogP contribution >= 0.6 is 11.6 Å². The molecule has 1 aliphatic rings. The van der Waals surface area contributed by atoms with E-state index in [1.807, 2.05) is 24.1 Å². The highest BCUT2D eigenvalue weighted by Gasteiger charge is 2.31. The molecule has 0 saturated carbocycles. The van der Waals surface area contributed by atoms with E-state index in [1.165, 1.54) is 0 Å². The fourth-order valence-corrected chi connectivity index (χ4v) is 2.78. The molecule has 4 nitrogen and oxygen atoms in total. The number of aromatic carboxylic acids is 1. The van der Waals surface area contributed by atoms with Crippen LogP contribution in [0.25, 0.3) is 11.0 Å². The van der Waals surface area contributed by atoms with Crippen LogP contribution in [-0.2, 0) is 6.42 Å². The molecule has 18 heavy (non-hydrogen) atoms. The Morgan fingerprint density at radius 1 is 1.56 bits per heavy atom. The van der Waals surface area contributed by atoms with Crippen molar-refractivity contribution < 1.29 is 14.3 Å². The van der Waals surface area contributed by atoms with Gasteiger partial charge in [0, 0.05) is 17.5 Å². The summed E-state index contributed by atoms with van der Waals surface area (Å²) in [7, 11) is 1.88. The molecule has 5 heteroatoms. The lowest BCUT2D eigenvalue weighted by Gasteiger charge is -2.19. The molecule has 1 aromatic heterocycles.